The molecule has 0 saturated heterocycles. The summed E-state index contributed by atoms with van der Waals surface area (Å²) in [5.41, 5.74) is -0.279. The third-order valence-corrected chi connectivity index (χ3v) is 10.5. The van der Waals surface area contributed by atoms with Crippen molar-refractivity contribution in [1.29, 1.82) is 0 Å². The number of carbonyl (C=O) groups excluding carboxylic acids is 4. The lowest BCUT2D eigenvalue weighted by Crippen LogP contribution is -2.69. The summed E-state index contributed by atoms with van der Waals surface area (Å²) in [6, 6.07) is 11.1. The summed E-state index contributed by atoms with van der Waals surface area (Å²) in [5, 5.41) is 30.9. The zero-order chi connectivity index (χ0) is 37.5. The summed E-state index contributed by atoms with van der Waals surface area (Å²) in [7, 11) is 1.51. The molecule has 2 aromatic carbocycles. The van der Waals surface area contributed by atoms with Gasteiger partial charge in [0.25, 0.3) is 0 Å². The van der Waals surface area contributed by atoms with Crippen molar-refractivity contribution in [3.8, 4) is 11.5 Å². The maximum atomic E-state index is 13.6. The van der Waals surface area contributed by atoms with Crippen LogP contribution >= 0.6 is 0 Å². The maximum absolute atomic E-state index is 13.6. The topological polar surface area (TPSA) is 218 Å². The summed E-state index contributed by atoms with van der Waals surface area (Å²) < 4.78 is 33.3. The van der Waals surface area contributed by atoms with Gasteiger partial charge in [-0.3, -0.25) is 14.4 Å². The second-order valence-electron chi connectivity index (χ2n) is 13.5. The summed E-state index contributed by atoms with van der Waals surface area (Å²) in [6.45, 7) is 3.10. The number of carboxylic acids is 2. The van der Waals surface area contributed by atoms with Crippen LogP contribution in [0.3, 0.4) is 0 Å². The Labute approximate surface area is 297 Å². The fraction of sp³-hybridized carbons (Fsp3) is 0.459. The number of esters is 4. The smallest absolute Gasteiger partial charge is 0.353 e. The van der Waals surface area contributed by atoms with Crippen LogP contribution in [0, 0.1) is 11.8 Å². The monoisotopic (exact) mass is 722 g/mol. The van der Waals surface area contributed by atoms with Crippen LogP contribution in [0.2, 0.25) is 0 Å². The van der Waals surface area contributed by atoms with E-state index < -0.39 is 84.1 Å². The van der Waals surface area contributed by atoms with E-state index in [0.29, 0.717) is 24.3 Å². The van der Waals surface area contributed by atoms with E-state index in [0.717, 1.165) is 24.5 Å². The molecule has 3 aliphatic carbocycles. The molecular weight excluding hydrogens is 684 g/mol. The van der Waals surface area contributed by atoms with E-state index in [2.05, 4.69) is 6.92 Å². The number of carbonyl (C=O) groups is 6. The van der Waals surface area contributed by atoms with E-state index in [1.54, 1.807) is 12.1 Å². The lowest BCUT2D eigenvalue weighted by Gasteiger charge is -2.61. The second kappa shape index (κ2) is 13.9. The molecule has 0 aromatic heterocycles. The third-order valence-electron chi connectivity index (χ3n) is 10.5. The quantitative estimate of drug-likeness (QED) is 0.200. The molecule has 2 aromatic rings. The van der Waals surface area contributed by atoms with Crippen molar-refractivity contribution in [2.75, 3.05) is 7.11 Å². The van der Waals surface area contributed by atoms with Gasteiger partial charge in [-0.1, -0.05) is 43.3 Å². The van der Waals surface area contributed by atoms with E-state index in [1.165, 1.54) is 31.4 Å². The molecule has 4 aliphatic rings. The van der Waals surface area contributed by atoms with Crippen LogP contribution in [0.25, 0.3) is 0 Å². The molecule has 1 saturated carbocycles. The van der Waals surface area contributed by atoms with Crippen LogP contribution in [0.4, 0.5) is 0 Å². The predicted octanol–water partition coefficient (Wildman–Crippen LogP) is 2.94. The minimum Gasteiger partial charge on any atom is -0.493 e. The molecular formula is C37H38O15. The van der Waals surface area contributed by atoms with Gasteiger partial charge in [-0.25, -0.2) is 14.4 Å². The number of aliphatic carboxylic acids is 2. The predicted molar refractivity (Wildman–Crippen MR) is 174 cm³/mol. The minimum atomic E-state index is -2.11. The first-order chi connectivity index (χ1) is 24.7. The van der Waals surface area contributed by atoms with Gasteiger partial charge in [0, 0.05) is 18.1 Å². The Morgan fingerprint density at radius 1 is 0.942 bits per heavy atom. The summed E-state index contributed by atoms with van der Waals surface area (Å²) in [5.74, 6) is -6.93. The van der Waals surface area contributed by atoms with Crippen LogP contribution < -0.4 is 9.47 Å². The van der Waals surface area contributed by atoms with Gasteiger partial charge < -0.3 is 43.7 Å². The standard InChI is InChI=1S/C37H38O15/c1-18-11-13-36-29-21-9-10-23(47-3)31(29)51-32(36)24(12-14-37(36,46)22(18)15-21)49-28(41)17-26(48-19(2)38)34(44)52-30(20-7-5-4-6-8-20)35(45)50-25(33(42)43)16-27(39)40/h4-10,12,18,22,25-26,30,32,46H,11,13-17H2,1-3H3,(H,39,40)(H,42,43)/t18?,22-,25+,26-,30-,32-,36-,37+/m0/s1. The molecule has 1 heterocycles. The van der Waals surface area contributed by atoms with Crippen LogP contribution in [-0.2, 0) is 59.6 Å². The van der Waals surface area contributed by atoms with Gasteiger partial charge in [-0.15, -0.1) is 0 Å². The lowest BCUT2D eigenvalue weighted by atomic mass is 9.45. The molecule has 52 heavy (non-hydrogen) atoms. The molecule has 15 heteroatoms. The Morgan fingerprint density at radius 3 is 2.33 bits per heavy atom. The zero-order valence-corrected chi connectivity index (χ0v) is 28.6. The SMILES string of the molecule is COc1ccc2c3c1O[C@H]1C(OC(=O)C[C@H](OC(C)=O)C(=O)O[C@H](C(=O)O[C@H](CC(=O)O)C(=O)O)c4ccccc4)=CC[C@@]4(O)[C@@H](C2)C(C)CC[C@]314. The fourth-order valence-corrected chi connectivity index (χ4v) is 8.27. The molecule has 6 rings (SSSR count). The molecule has 1 unspecified atom stereocenters. The van der Waals surface area contributed by atoms with Crippen molar-refractivity contribution in [2.24, 2.45) is 11.8 Å². The van der Waals surface area contributed by atoms with Crippen LogP contribution in [0.1, 0.15) is 68.7 Å². The van der Waals surface area contributed by atoms with Crippen molar-refractivity contribution < 1.29 is 72.5 Å². The average Bonchev–Trinajstić information content (AvgIpc) is 3.45. The molecule has 2 bridgehead atoms. The number of ether oxygens (including phenoxy) is 6. The second-order valence-corrected chi connectivity index (χ2v) is 13.5. The number of carboxylic acid groups (broad SMARTS) is 2. The number of rotatable bonds is 13. The largest absolute Gasteiger partial charge is 0.493 e. The maximum Gasteiger partial charge on any atom is 0.353 e. The molecule has 3 N–H and O–H groups in total. The van der Waals surface area contributed by atoms with Gasteiger partial charge in [-0.2, -0.15) is 0 Å². The number of hydrogen-bond acceptors (Lipinski definition) is 13. The lowest BCUT2D eigenvalue weighted by molar-refractivity contribution is -0.186. The molecule has 0 amide bonds. The molecule has 1 fully saturated rings. The Hall–Kier alpha value is -5.44. The molecule has 1 aliphatic heterocycles. The summed E-state index contributed by atoms with van der Waals surface area (Å²) >= 11 is 0. The van der Waals surface area contributed by atoms with E-state index in [-0.39, 0.29) is 29.6 Å². The van der Waals surface area contributed by atoms with Crippen molar-refractivity contribution in [2.45, 2.75) is 87.8 Å². The van der Waals surface area contributed by atoms with E-state index >= 15 is 0 Å². The van der Waals surface area contributed by atoms with Gasteiger partial charge in [0.1, 0.15) is 5.76 Å². The summed E-state index contributed by atoms with van der Waals surface area (Å²) in [6.07, 6.45) is -5.08. The van der Waals surface area contributed by atoms with Crippen LogP contribution in [0.15, 0.2) is 54.3 Å². The van der Waals surface area contributed by atoms with Crippen molar-refractivity contribution in [3.05, 3.63) is 71.0 Å². The Bertz CT molecular complexity index is 1840. The first-order valence-electron chi connectivity index (χ1n) is 16.8. The minimum absolute atomic E-state index is 0.0175. The van der Waals surface area contributed by atoms with Crippen molar-refractivity contribution in [3.63, 3.8) is 0 Å². The van der Waals surface area contributed by atoms with E-state index in [1.807, 2.05) is 12.1 Å². The number of methoxy groups -OCH3 is 1. The highest BCUT2D eigenvalue weighted by Gasteiger charge is 2.72. The highest BCUT2D eigenvalue weighted by atomic mass is 16.6. The van der Waals surface area contributed by atoms with Gasteiger partial charge in [0.15, 0.2) is 17.6 Å². The highest BCUT2D eigenvalue weighted by molar-refractivity contribution is 5.88. The van der Waals surface area contributed by atoms with Gasteiger partial charge in [0.2, 0.25) is 18.3 Å². The Kier molecular flexibility index (Phi) is 9.75. The average molecular weight is 723 g/mol. The van der Waals surface area contributed by atoms with Crippen LogP contribution in [-0.4, -0.2) is 82.2 Å². The molecule has 1 spiro atoms. The van der Waals surface area contributed by atoms with Crippen molar-refractivity contribution >= 4 is 35.8 Å². The molecule has 8 atom stereocenters. The molecule has 276 valence electrons. The van der Waals surface area contributed by atoms with Gasteiger partial charge in [0.05, 0.1) is 31.0 Å². The Morgan fingerprint density at radius 2 is 1.67 bits per heavy atom. The number of benzene rings is 2. The first-order valence-corrected chi connectivity index (χ1v) is 16.8. The fourth-order valence-electron chi connectivity index (χ4n) is 8.27. The normalized spacial score (nSPS) is 26.5. The third kappa shape index (κ3) is 6.22. The van der Waals surface area contributed by atoms with E-state index in [4.69, 9.17) is 33.5 Å². The highest BCUT2D eigenvalue weighted by Crippen LogP contribution is 2.68. The molecule has 15 nitrogen and oxygen atoms in total. The molecule has 0 radical (unpaired) electrons. The van der Waals surface area contributed by atoms with E-state index in [9.17, 15) is 39.0 Å². The van der Waals surface area contributed by atoms with Gasteiger partial charge >= 0.3 is 35.8 Å². The zero-order valence-electron chi connectivity index (χ0n) is 28.6. The van der Waals surface area contributed by atoms with Crippen LogP contribution in [0.5, 0.6) is 11.5 Å². The van der Waals surface area contributed by atoms with Crippen molar-refractivity contribution in [1.82, 2.24) is 0 Å². The van der Waals surface area contributed by atoms with Gasteiger partial charge in [-0.05, 0) is 55.2 Å². The number of aliphatic hydroxyl groups is 1. The Balaban J connectivity index is 1.24. The first kappa shape index (κ1) is 36.4. The summed E-state index contributed by atoms with van der Waals surface area (Å²) in [4.78, 5) is 75.0. The number of hydrogen-bond donors (Lipinski definition) is 3.